The van der Waals surface area contributed by atoms with Gasteiger partial charge in [0.1, 0.15) is 0 Å². The summed E-state index contributed by atoms with van der Waals surface area (Å²) in [6, 6.07) is 2.67. The average molecular weight is 267 g/mol. The van der Waals surface area contributed by atoms with Crippen LogP contribution in [0.15, 0.2) is 12.3 Å². The Labute approximate surface area is 117 Å². The van der Waals surface area contributed by atoms with Crippen molar-refractivity contribution in [1.29, 1.82) is 0 Å². The maximum atomic E-state index is 6.19. The molecule has 110 valence electrons. The largest absolute Gasteiger partial charge is 0.379 e. The molecule has 4 heteroatoms. The van der Waals surface area contributed by atoms with E-state index in [0.717, 1.165) is 31.4 Å². The van der Waals surface area contributed by atoms with Gasteiger partial charge in [-0.3, -0.25) is 4.68 Å². The molecular weight excluding hydrogens is 238 g/mol. The summed E-state index contributed by atoms with van der Waals surface area (Å²) < 4.78 is 7.49. The van der Waals surface area contributed by atoms with E-state index in [9.17, 15) is 0 Å². The van der Waals surface area contributed by atoms with Crippen LogP contribution >= 0.6 is 0 Å². The Morgan fingerprint density at radius 1 is 1.37 bits per heavy atom. The van der Waals surface area contributed by atoms with Gasteiger partial charge in [0.25, 0.3) is 0 Å². The van der Waals surface area contributed by atoms with Crippen LogP contribution in [0.5, 0.6) is 0 Å². The van der Waals surface area contributed by atoms with Crippen LogP contribution in [-0.2, 0) is 11.2 Å². The van der Waals surface area contributed by atoms with Gasteiger partial charge in [0, 0.05) is 25.8 Å². The lowest BCUT2D eigenvalue weighted by atomic mass is 9.96. The topological polar surface area (TPSA) is 53.1 Å². The second-order valence-corrected chi connectivity index (χ2v) is 5.89. The summed E-state index contributed by atoms with van der Waals surface area (Å²) in [6.45, 7) is 8.52. The standard InChI is InChI=1S/C15H29N3O/c1-6-14(7-2)18-9-8-13(17-18)10-12(16)11-15(3,4)19-5/h8-9,12,14H,6-7,10-11,16H2,1-5H3. The highest BCUT2D eigenvalue weighted by molar-refractivity contribution is 5.02. The van der Waals surface area contributed by atoms with Crippen LogP contribution in [0.4, 0.5) is 0 Å². The molecule has 1 heterocycles. The number of aromatic nitrogens is 2. The molecule has 0 fully saturated rings. The SMILES string of the molecule is CCC(CC)n1ccc(CC(N)CC(C)(C)OC)n1. The monoisotopic (exact) mass is 267 g/mol. The molecule has 1 aromatic heterocycles. The number of nitrogens with two attached hydrogens (primary N) is 1. The number of rotatable bonds is 8. The molecule has 0 amide bonds. The molecule has 1 unspecified atom stereocenters. The summed E-state index contributed by atoms with van der Waals surface area (Å²) in [7, 11) is 1.73. The summed E-state index contributed by atoms with van der Waals surface area (Å²) in [5, 5.41) is 4.64. The van der Waals surface area contributed by atoms with Crippen LogP contribution in [0.1, 0.15) is 58.7 Å². The summed E-state index contributed by atoms with van der Waals surface area (Å²) in [4.78, 5) is 0. The molecule has 2 N–H and O–H groups in total. The van der Waals surface area contributed by atoms with E-state index in [0.29, 0.717) is 6.04 Å². The highest BCUT2D eigenvalue weighted by Crippen LogP contribution is 2.18. The van der Waals surface area contributed by atoms with Gasteiger partial charge in [0.05, 0.1) is 17.3 Å². The van der Waals surface area contributed by atoms with E-state index in [1.54, 1.807) is 7.11 Å². The predicted octanol–water partition coefficient (Wildman–Crippen LogP) is 2.93. The van der Waals surface area contributed by atoms with Crippen molar-refractivity contribution in [2.45, 2.75) is 71.1 Å². The smallest absolute Gasteiger partial charge is 0.0640 e. The molecule has 1 rings (SSSR count). The molecule has 0 spiro atoms. The van der Waals surface area contributed by atoms with Crippen LogP contribution in [0.25, 0.3) is 0 Å². The Balaban J connectivity index is 2.58. The molecule has 4 nitrogen and oxygen atoms in total. The quantitative estimate of drug-likeness (QED) is 0.788. The molecule has 0 radical (unpaired) electrons. The third kappa shape index (κ3) is 4.96. The van der Waals surface area contributed by atoms with E-state index in [1.165, 1.54) is 0 Å². The second kappa shape index (κ2) is 7.06. The van der Waals surface area contributed by atoms with Crippen LogP contribution in [0, 0.1) is 0 Å². The molecular formula is C15H29N3O. The fourth-order valence-corrected chi connectivity index (χ4v) is 2.41. The number of hydrogen-bond acceptors (Lipinski definition) is 3. The summed E-state index contributed by atoms with van der Waals surface area (Å²) in [5.41, 5.74) is 7.09. The van der Waals surface area contributed by atoms with Crippen LogP contribution in [0.3, 0.4) is 0 Å². The van der Waals surface area contributed by atoms with Gasteiger partial charge < -0.3 is 10.5 Å². The van der Waals surface area contributed by atoms with E-state index in [2.05, 4.69) is 49.7 Å². The Morgan fingerprint density at radius 3 is 2.53 bits per heavy atom. The Morgan fingerprint density at radius 2 is 2.00 bits per heavy atom. The van der Waals surface area contributed by atoms with Crippen LogP contribution in [-0.4, -0.2) is 28.5 Å². The molecule has 0 bridgehead atoms. The summed E-state index contributed by atoms with van der Waals surface area (Å²) in [6.07, 6.45) is 5.93. The summed E-state index contributed by atoms with van der Waals surface area (Å²) in [5.74, 6) is 0. The molecule has 19 heavy (non-hydrogen) atoms. The van der Waals surface area contributed by atoms with Crippen molar-refractivity contribution in [3.05, 3.63) is 18.0 Å². The maximum absolute atomic E-state index is 6.19. The lowest BCUT2D eigenvalue weighted by Gasteiger charge is -2.26. The van der Waals surface area contributed by atoms with E-state index in [4.69, 9.17) is 10.5 Å². The van der Waals surface area contributed by atoms with E-state index in [1.807, 2.05) is 0 Å². The first-order valence-electron chi connectivity index (χ1n) is 7.26. The number of nitrogens with zero attached hydrogens (tertiary/aromatic N) is 2. The van der Waals surface area contributed by atoms with Gasteiger partial charge in [-0.2, -0.15) is 5.10 Å². The molecule has 0 aliphatic carbocycles. The van der Waals surface area contributed by atoms with Crippen molar-refractivity contribution < 1.29 is 4.74 Å². The van der Waals surface area contributed by atoms with Gasteiger partial charge in [0.15, 0.2) is 0 Å². The molecule has 1 aromatic rings. The zero-order valence-corrected chi connectivity index (χ0v) is 13.0. The lowest BCUT2D eigenvalue weighted by molar-refractivity contribution is 0.0101. The van der Waals surface area contributed by atoms with Crippen molar-refractivity contribution >= 4 is 0 Å². The third-order valence-electron chi connectivity index (χ3n) is 3.76. The number of hydrogen-bond donors (Lipinski definition) is 1. The second-order valence-electron chi connectivity index (χ2n) is 5.89. The minimum absolute atomic E-state index is 0.0833. The third-order valence-corrected chi connectivity index (χ3v) is 3.76. The molecule has 0 saturated heterocycles. The zero-order chi connectivity index (χ0) is 14.5. The predicted molar refractivity (Wildman–Crippen MR) is 79.2 cm³/mol. The van der Waals surface area contributed by atoms with Gasteiger partial charge in [-0.05, 0) is 39.2 Å². The minimum Gasteiger partial charge on any atom is -0.379 e. The van der Waals surface area contributed by atoms with Crippen molar-refractivity contribution in [2.75, 3.05) is 7.11 Å². The molecule has 1 atom stereocenters. The highest BCUT2D eigenvalue weighted by atomic mass is 16.5. The molecule has 0 aliphatic rings. The van der Waals surface area contributed by atoms with E-state index < -0.39 is 0 Å². The zero-order valence-electron chi connectivity index (χ0n) is 13.0. The first-order valence-corrected chi connectivity index (χ1v) is 7.26. The molecule has 0 aliphatic heterocycles. The Hall–Kier alpha value is -0.870. The number of methoxy groups -OCH3 is 1. The van der Waals surface area contributed by atoms with Crippen molar-refractivity contribution in [3.63, 3.8) is 0 Å². The normalized spacial score (nSPS) is 14.1. The fraction of sp³-hybridized carbons (Fsp3) is 0.800. The van der Waals surface area contributed by atoms with Crippen LogP contribution < -0.4 is 5.73 Å². The van der Waals surface area contributed by atoms with Gasteiger partial charge in [-0.1, -0.05) is 13.8 Å². The first kappa shape index (κ1) is 16.2. The lowest BCUT2D eigenvalue weighted by Crippen LogP contribution is -2.35. The first-order chi connectivity index (χ1) is 8.91. The van der Waals surface area contributed by atoms with Crippen molar-refractivity contribution in [1.82, 2.24) is 9.78 Å². The van der Waals surface area contributed by atoms with Gasteiger partial charge in [0.2, 0.25) is 0 Å². The number of ether oxygens (including phenoxy) is 1. The minimum atomic E-state index is -0.169. The van der Waals surface area contributed by atoms with Crippen LogP contribution in [0.2, 0.25) is 0 Å². The molecule has 0 saturated carbocycles. The molecule has 0 aromatic carbocycles. The fourth-order valence-electron chi connectivity index (χ4n) is 2.41. The van der Waals surface area contributed by atoms with Gasteiger partial charge in [-0.15, -0.1) is 0 Å². The van der Waals surface area contributed by atoms with Crippen molar-refractivity contribution in [3.8, 4) is 0 Å². The Kier molecular flexibility index (Phi) is 6.01. The average Bonchev–Trinajstić information content (AvgIpc) is 2.78. The highest BCUT2D eigenvalue weighted by Gasteiger charge is 2.21. The maximum Gasteiger partial charge on any atom is 0.0640 e. The van der Waals surface area contributed by atoms with E-state index >= 15 is 0 Å². The van der Waals surface area contributed by atoms with Crippen molar-refractivity contribution in [2.24, 2.45) is 5.73 Å². The summed E-state index contributed by atoms with van der Waals surface area (Å²) >= 11 is 0. The van der Waals surface area contributed by atoms with Gasteiger partial charge in [-0.25, -0.2) is 0 Å². The van der Waals surface area contributed by atoms with Gasteiger partial charge >= 0.3 is 0 Å². The van der Waals surface area contributed by atoms with E-state index in [-0.39, 0.29) is 11.6 Å². The Bertz CT molecular complexity index is 369.